The molecule has 0 saturated heterocycles. The minimum absolute atomic E-state index is 0.0919. The van der Waals surface area contributed by atoms with E-state index in [1.807, 2.05) is 0 Å². The van der Waals surface area contributed by atoms with Crippen LogP contribution in [-0.2, 0) is 4.74 Å². The lowest BCUT2D eigenvalue weighted by molar-refractivity contribution is -0.174. The molecule has 4 nitrogen and oxygen atoms in total. The van der Waals surface area contributed by atoms with Crippen molar-refractivity contribution in [1.29, 1.82) is 0 Å². The minimum Gasteiger partial charge on any atom is -0.491 e. The van der Waals surface area contributed by atoms with E-state index in [4.69, 9.17) is 10.5 Å². The van der Waals surface area contributed by atoms with Crippen LogP contribution in [0.1, 0.15) is 23.7 Å². The highest BCUT2D eigenvalue weighted by atomic mass is 79.9. The molecule has 0 aromatic heterocycles. The highest BCUT2D eigenvalue weighted by Crippen LogP contribution is 2.31. The number of carbonyl (C=O) groups is 1. The number of nitrogen functional groups attached to an aromatic ring is 1. The molecular formula is C13H15BrF3NO3. The van der Waals surface area contributed by atoms with Crippen LogP contribution in [0.15, 0.2) is 16.6 Å². The second kappa shape index (κ2) is 7.65. The quantitative estimate of drug-likeness (QED) is 0.453. The Hall–Kier alpha value is -1.28. The summed E-state index contributed by atoms with van der Waals surface area (Å²) in [6, 6.07) is 3.16. The minimum atomic E-state index is -4.33. The first-order valence-electron chi connectivity index (χ1n) is 6.08. The summed E-state index contributed by atoms with van der Waals surface area (Å²) in [5, 5.41) is 0. The van der Waals surface area contributed by atoms with E-state index < -0.39 is 12.8 Å². The van der Waals surface area contributed by atoms with Crippen LogP contribution in [0.2, 0.25) is 0 Å². The monoisotopic (exact) mass is 369 g/mol. The summed E-state index contributed by atoms with van der Waals surface area (Å²) in [7, 11) is 0. The Balaban J connectivity index is 2.51. The zero-order valence-electron chi connectivity index (χ0n) is 11.3. The standard InChI is InChI=1S/C13H15BrF3NO3/c1-8(19)10-5-9(14)6-11(18)12(10)21-4-2-3-20-7-13(15,16)17/h5-6H,2-4,7,18H2,1H3. The third-order valence-electron chi connectivity index (χ3n) is 2.41. The van der Waals surface area contributed by atoms with E-state index in [9.17, 15) is 18.0 Å². The van der Waals surface area contributed by atoms with Crippen LogP contribution in [0.4, 0.5) is 18.9 Å². The van der Waals surface area contributed by atoms with Crippen LogP contribution in [0.3, 0.4) is 0 Å². The molecule has 118 valence electrons. The van der Waals surface area contributed by atoms with Gasteiger partial charge in [-0.3, -0.25) is 4.79 Å². The summed E-state index contributed by atoms with van der Waals surface area (Å²) in [5.74, 6) is 0.0212. The van der Waals surface area contributed by atoms with Crippen molar-refractivity contribution in [2.75, 3.05) is 25.6 Å². The molecule has 0 aliphatic heterocycles. The maximum Gasteiger partial charge on any atom is 0.411 e. The molecule has 2 N–H and O–H groups in total. The van der Waals surface area contributed by atoms with Gasteiger partial charge in [-0.2, -0.15) is 13.2 Å². The second-order valence-electron chi connectivity index (χ2n) is 4.30. The third-order valence-corrected chi connectivity index (χ3v) is 2.86. The molecule has 8 heteroatoms. The van der Waals surface area contributed by atoms with Gasteiger partial charge in [0, 0.05) is 10.9 Å². The predicted octanol–water partition coefficient (Wildman–Crippen LogP) is 3.58. The number of Topliss-reactive ketones (excluding diaryl/α,β-unsaturated/α-hetero) is 1. The van der Waals surface area contributed by atoms with E-state index in [2.05, 4.69) is 20.7 Å². The molecule has 0 aliphatic carbocycles. The fraction of sp³-hybridized carbons (Fsp3) is 0.462. The van der Waals surface area contributed by atoms with Gasteiger partial charge < -0.3 is 15.2 Å². The molecule has 0 radical (unpaired) electrons. The number of ketones is 1. The van der Waals surface area contributed by atoms with Gasteiger partial charge in [-0.25, -0.2) is 0 Å². The molecule has 0 spiro atoms. The maximum absolute atomic E-state index is 11.8. The number of alkyl halides is 3. The Morgan fingerprint density at radius 3 is 2.57 bits per heavy atom. The second-order valence-corrected chi connectivity index (χ2v) is 5.21. The van der Waals surface area contributed by atoms with Crippen LogP contribution >= 0.6 is 15.9 Å². The van der Waals surface area contributed by atoms with Gasteiger partial charge in [0.1, 0.15) is 6.61 Å². The van der Waals surface area contributed by atoms with Gasteiger partial charge in [0.05, 0.1) is 24.5 Å². The summed E-state index contributed by atoms with van der Waals surface area (Å²) in [4.78, 5) is 11.5. The van der Waals surface area contributed by atoms with Crippen molar-refractivity contribution in [2.24, 2.45) is 0 Å². The van der Waals surface area contributed by atoms with Crippen molar-refractivity contribution in [3.8, 4) is 5.75 Å². The van der Waals surface area contributed by atoms with Crippen molar-refractivity contribution in [3.63, 3.8) is 0 Å². The zero-order valence-corrected chi connectivity index (χ0v) is 12.9. The summed E-state index contributed by atoms with van der Waals surface area (Å²) < 4.78 is 46.0. The Kier molecular flexibility index (Phi) is 6.47. The van der Waals surface area contributed by atoms with E-state index >= 15 is 0 Å². The van der Waals surface area contributed by atoms with Crippen molar-refractivity contribution in [3.05, 3.63) is 22.2 Å². The molecule has 0 saturated carbocycles. The number of benzene rings is 1. The Labute approximate surface area is 128 Å². The number of anilines is 1. The number of halogens is 4. The van der Waals surface area contributed by atoms with Crippen LogP contribution in [0.5, 0.6) is 5.75 Å². The molecule has 1 rings (SSSR count). The SMILES string of the molecule is CC(=O)c1cc(Br)cc(N)c1OCCCOCC(F)(F)F. The maximum atomic E-state index is 11.8. The van der Waals surface area contributed by atoms with Crippen molar-refractivity contribution >= 4 is 27.4 Å². The third kappa shape index (κ3) is 6.34. The summed E-state index contributed by atoms with van der Waals surface area (Å²) >= 11 is 3.22. The van der Waals surface area contributed by atoms with Gasteiger partial charge >= 0.3 is 6.18 Å². The van der Waals surface area contributed by atoms with Crippen molar-refractivity contribution < 1.29 is 27.4 Å². The molecule has 0 bridgehead atoms. The molecule has 0 aliphatic rings. The largest absolute Gasteiger partial charge is 0.491 e. The average molecular weight is 370 g/mol. The number of nitrogens with two attached hydrogens (primary N) is 1. The van der Waals surface area contributed by atoms with Gasteiger partial charge in [-0.05, 0) is 19.1 Å². The first kappa shape index (κ1) is 17.8. The first-order chi connectivity index (χ1) is 9.70. The van der Waals surface area contributed by atoms with E-state index in [0.717, 1.165) is 0 Å². The highest BCUT2D eigenvalue weighted by molar-refractivity contribution is 9.10. The number of hydrogen-bond acceptors (Lipinski definition) is 4. The summed E-state index contributed by atoms with van der Waals surface area (Å²) in [5.41, 5.74) is 6.37. The highest BCUT2D eigenvalue weighted by Gasteiger charge is 2.27. The number of ether oxygens (including phenoxy) is 2. The van der Waals surface area contributed by atoms with Crippen LogP contribution < -0.4 is 10.5 Å². The predicted molar refractivity (Wildman–Crippen MR) is 75.5 cm³/mol. The fourth-order valence-electron chi connectivity index (χ4n) is 1.56. The molecule has 0 heterocycles. The summed E-state index contributed by atoms with van der Waals surface area (Å²) in [6.07, 6.45) is -4.08. The van der Waals surface area contributed by atoms with Crippen LogP contribution in [0.25, 0.3) is 0 Å². The lowest BCUT2D eigenvalue weighted by atomic mass is 10.1. The molecular weight excluding hydrogens is 355 g/mol. The average Bonchev–Trinajstić information content (AvgIpc) is 2.33. The Morgan fingerprint density at radius 2 is 2.00 bits per heavy atom. The van der Waals surface area contributed by atoms with E-state index in [1.165, 1.54) is 6.92 Å². The Bertz CT molecular complexity index is 506. The van der Waals surface area contributed by atoms with Gasteiger partial charge in [-0.15, -0.1) is 0 Å². The fourth-order valence-corrected chi connectivity index (χ4v) is 2.04. The first-order valence-corrected chi connectivity index (χ1v) is 6.87. The number of carbonyl (C=O) groups excluding carboxylic acids is 1. The molecule has 0 unspecified atom stereocenters. The van der Waals surface area contributed by atoms with Gasteiger partial charge in [-0.1, -0.05) is 15.9 Å². The van der Waals surface area contributed by atoms with Crippen molar-refractivity contribution in [2.45, 2.75) is 19.5 Å². The van der Waals surface area contributed by atoms with Crippen LogP contribution in [-0.4, -0.2) is 31.8 Å². The van der Waals surface area contributed by atoms with Crippen molar-refractivity contribution in [1.82, 2.24) is 0 Å². The zero-order chi connectivity index (χ0) is 16.0. The van der Waals surface area contributed by atoms with E-state index in [1.54, 1.807) is 12.1 Å². The molecule has 0 fully saturated rings. The van der Waals surface area contributed by atoms with E-state index in [-0.39, 0.29) is 36.9 Å². The topological polar surface area (TPSA) is 61.6 Å². The molecule has 21 heavy (non-hydrogen) atoms. The summed E-state index contributed by atoms with van der Waals surface area (Å²) in [6.45, 7) is 0.0992. The van der Waals surface area contributed by atoms with Crippen LogP contribution in [0, 0.1) is 0 Å². The molecule has 1 aromatic rings. The smallest absolute Gasteiger partial charge is 0.411 e. The molecule has 0 atom stereocenters. The Morgan fingerprint density at radius 1 is 1.33 bits per heavy atom. The lowest BCUT2D eigenvalue weighted by Crippen LogP contribution is -2.18. The number of rotatable bonds is 7. The van der Waals surface area contributed by atoms with Gasteiger partial charge in [0.2, 0.25) is 0 Å². The lowest BCUT2D eigenvalue weighted by Gasteiger charge is -2.13. The molecule has 1 aromatic carbocycles. The van der Waals surface area contributed by atoms with E-state index in [0.29, 0.717) is 10.0 Å². The molecule has 0 amide bonds. The normalized spacial score (nSPS) is 11.5. The van der Waals surface area contributed by atoms with Gasteiger partial charge in [0.25, 0.3) is 0 Å². The van der Waals surface area contributed by atoms with Gasteiger partial charge in [0.15, 0.2) is 11.5 Å². The number of hydrogen-bond donors (Lipinski definition) is 1.